The van der Waals surface area contributed by atoms with Gasteiger partial charge in [-0.3, -0.25) is 24.6 Å². The van der Waals surface area contributed by atoms with E-state index in [1.165, 1.54) is 13.2 Å². The van der Waals surface area contributed by atoms with E-state index in [2.05, 4.69) is 5.43 Å². The summed E-state index contributed by atoms with van der Waals surface area (Å²) in [5.74, 6) is -6.19. The van der Waals surface area contributed by atoms with Crippen molar-refractivity contribution in [3.05, 3.63) is 93.4 Å². The molecule has 3 heterocycles. The normalized spacial score (nSPS) is 27.8. The summed E-state index contributed by atoms with van der Waals surface area (Å²) < 4.78 is 16.3. The van der Waals surface area contributed by atoms with E-state index in [1.807, 2.05) is 6.08 Å². The number of methoxy groups -OCH3 is 2. The first kappa shape index (κ1) is 31.9. The molecule has 3 aromatic rings. The van der Waals surface area contributed by atoms with Gasteiger partial charge in [-0.2, -0.15) is 9.91 Å². The van der Waals surface area contributed by atoms with Crippen LogP contribution >= 0.6 is 23.2 Å². The van der Waals surface area contributed by atoms with Crippen LogP contribution in [0.25, 0.3) is 0 Å². The molecule has 14 heteroatoms. The van der Waals surface area contributed by atoms with Gasteiger partial charge in [0.25, 0.3) is 11.8 Å². The number of furan rings is 1. The first-order valence-electron chi connectivity index (χ1n) is 15.2. The fraction of sp³-hybridized carbons (Fsp3) is 0.324. The molecule has 6 unspecified atom stereocenters. The number of ether oxygens (including phenoxy) is 2. The molecule has 0 spiro atoms. The molecule has 2 aromatic carbocycles. The number of amides is 5. The van der Waals surface area contributed by atoms with Gasteiger partial charge in [-0.05, 0) is 66.8 Å². The van der Waals surface area contributed by atoms with Crippen molar-refractivity contribution in [3.8, 4) is 5.75 Å². The predicted octanol–water partition coefficient (Wildman–Crippen LogP) is 4.84. The van der Waals surface area contributed by atoms with Crippen molar-refractivity contribution in [2.75, 3.05) is 19.6 Å². The zero-order valence-corrected chi connectivity index (χ0v) is 27.2. The maximum Gasteiger partial charge on any atom is 0.423 e. The van der Waals surface area contributed by atoms with E-state index in [0.29, 0.717) is 26.8 Å². The monoisotopic (exact) mass is 693 g/mol. The molecule has 2 aliphatic carbocycles. The Morgan fingerprint density at radius 2 is 1.75 bits per heavy atom. The molecule has 48 heavy (non-hydrogen) atoms. The van der Waals surface area contributed by atoms with Crippen molar-refractivity contribution in [1.29, 1.82) is 0 Å². The standard InChI is InChI=1S/C34H29Cl2N3O9/c1-46-18-6-3-16(4-7-18)34-23(30(42)39(32(34)44)37-25-11-5-17(35)13-24(25)36)14-22-20(28(34)26-12-8-19(15-40)48-26)9-10-21-27(22)31(43)38(29(21)41)33(45)47-2/h3-9,11-13,21-23,27-28,37,40H,10,14-15H2,1-2H3. The number of anilines is 1. The first-order chi connectivity index (χ1) is 23.1. The summed E-state index contributed by atoms with van der Waals surface area (Å²) in [5.41, 5.74) is 2.64. The predicted molar refractivity (Wildman–Crippen MR) is 170 cm³/mol. The maximum absolute atomic E-state index is 15.1. The molecule has 3 fully saturated rings. The molecule has 2 aliphatic heterocycles. The van der Waals surface area contributed by atoms with Gasteiger partial charge in [-0.1, -0.05) is 47.0 Å². The summed E-state index contributed by atoms with van der Waals surface area (Å²) in [4.78, 5) is 70.0. The number of aliphatic hydroxyl groups is 1. The Morgan fingerprint density at radius 1 is 1.00 bits per heavy atom. The third-order valence-corrected chi connectivity index (χ3v) is 10.6. The molecule has 0 radical (unpaired) electrons. The van der Waals surface area contributed by atoms with E-state index in [0.717, 1.165) is 12.1 Å². The number of hydrogen-bond acceptors (Lipinski definition) is 10. The van der Waals surface area contributed by atoms with Crippen molar-refractivity contribution in [2.45, 2.75) is 30.8 Å². The summed E-state index contributed by atoms with van der Waals surface area (Å²) in [7, 11) is 2.59. The number of imide groups is 4. The van der Waals surface area contributed by atoms with Gasteiger partial charge in [0, 0.05) is 5.02 Å². The Hall–Kier alpha value is -4.65. The molecule has 6 atom stereocenters. The van der Waals surface area contributed by atoms with E-state index < -0.39 is 71.3 Å². The molecule has 5 amide bonds. The number of benzene rings is 2. The molecular formula is C34H29Cl2N3O9. The minimum atomic E-state index is -1.62. The van der Waals surface area contributed by atoms with Crippen molar-refractivity contribution in [1.82, 2.24) is 9.91 Å². The van der Waals surface area contributed by atoms with Crippen LogP contribution in [0.1, 0.15) is 35.8 Å². The number of allylic oxidation sites excluding steroid dienone is 2. The lowest BCUT2D eigenvalue weighted by Crippen LogP contribution is -2.53. The fourth-order valence-corrected chi connectivity index (χ4v) is 8.51. The summed E-state index contributed by atoms with van der Waals surface area (Å²) in [5, 5.41) is 11.4. The van der Waals surface area contributed by atoms with Gasteiger partial charge in [-0.25, -0.2) is 4.79 Å². The van der Waals surface area contributed by atoms with Crippen molar-refractivity contribution < 1.29 is 43.0 Å². The average Bonchev–Trinajstić information content (AvgIpc) is 3.73. The number of nitrogens with one attached hydrogen (secondary N) is 1. The van der Waals surface area contributed by atoms with E-state index >= 15 is 4.79 Å². The summed E-state index contributed by atoms with van der Waals surface area (Å²) in [6.07, 6.45) is 0.831. The van der Waals surface area contributed by atoms with Crippen LogP contribution in [-0.4, -0.2) is 59.0 Å². The minimum Gasteiger partial charge on any atom is -0.497 e. The zero-order chi connectivity index (χ0) is 34.1. The number of nitrogens with zero attached hydrogens (tertiary/aromatic N) is 2. The second kappa shape index (κ2) is 11.8. The number of hydrazine groups is 1. The third kappa shape index (κ3) is 4.50. The first-order valence-corrected chi connectivity index (χ1v) is 15.9. The highest BCUT2D eigenvalue weighted by Crippen LogP contribution is 2.64. The van der Waals surface area contributed by atoms with Crippen LogP contribution < -0.4 is 10.2 Å². The molecule has 2 saturated heterocycles. The van der Waals surface area contributed by atoms with Crippen LogP contribution in [0.15, 0.2) is 70.7 Å². The Kier molecular flexibility index (Phi) is 7.85. The lowest BCUT2D eigenvalue weighted by Gasteiger charge is -2.49. The van der Waals surface area contributed by atoms with Gasteiger partial charge in [0.05, 0.1) is 48.6 Å². The number of rotatable bonds is 6. The van der Waals surface area contributed by atoms with Crippen LogP contribution in [0.4, 0.5) is 10.5 Å². The lowest BCUT2D eigenvalue weighted by molar-refractivity contribution is -0.140. The third-order valence-electron chi connectivity index (χ3n) is 10.1. The van der Waals surface area contributed by atoms with Gasteiger partial charge >= 0.3 is 6.09 Å². The molecule has 1 aromatic heterocycles. The second-order valence-electron chi connectivity index (χ2n) is 12.2. The van der Waals surface area contributed by atoms with E-state index in [4.69, 9.17) is 37.1 Å². The van der Waals surface area contributed by atoms with E-state index in [-0.39, 0.29) is 35.1 Å². The van der Waals surface area contributed by atoms with Gasteiger partial charge in [-0.15, -0.1) is 0 Å². The van der Waals surface area contributed by atoms with Crippen molar-refractivity contribution in [2.24, 2.45) is 23.7 Å². The van der Waals surface area contributed by atoms with Gasteiger partial charge < -0.3 is 19.0 Å². The minimum absolute atomic E-state index is 0.00572. The van der Waals surface area contributed by atoms with Gasteiger partial charge in [0.15, 0.2) is 0 Å². The van der Waals surface area contributed by atoms with Gasteiger partial charge in [0.2, 0.25) is 11.8 Å². The second-order valence-corrected chi connectivity index (χ2v) is 13.0. The Balaban J connectivity index is 1.44. The summed E-state index contributed by atoms with van der Waals surface area (Å²) >= 11 is 12.6. The number of hydrogen-bond donors (Lipinski definition) is 2. The van der Waals surface area contributed by atoms with Crippen LogP contribution in [-0.2, 0) is 35.9 Å². The Labute approximate surface area is 284 Å². The van der Waals surface area contributed by atoms with Crippen molar-refractivity contribution in [3.63, 3.8) is 0 Å². The van der Waals surface area contributed by atoms with Crippen LogP contribution in [0.2, 0.25) is 10.0 Å². The zero-order valence-electron chi connectivity index (χ0n) is 25.6. The topological polar surface area (TPSA) is 156 Å². The summed E-state index contributed by atoms with van der Waals surface area (Å²) in [6.45, 7) is -0.421. The number of halogens is 2. The Bertz CT molecular complexity index is 1910. The van der Waals surface area contributed by atoms with Gasteiger partial charge in [0.1, 0.15) is 29.3 Å². The maximum atomic E-state index is 15.1. The quantitative estimate of drug-likeness (QED) is 0.271. The van der Waals surface area contributed by atoms with E-state index in [9.17, 15) is 24.3 Å². The molecule has 248 valence electrons. The lowest BCUT2D eigenvalue weighted by atomic mass is 9.50. The Morgan fingerprint density at radius 3 is 2.40 bits per heavy atom. The van der Waals surface area contributed by atoms with Crippen LogP contribution in [0.3, 0.4) is 0 Å². The largest absolute Gasteiger partial charge is 0.497 e. The van der Waals surface area contributed by atoms with Crippen LogP contribution in [0.5, 0.6) is 5.75 Å². The molecule has 7 rings (SSSR count). The summed E-state index contributed by atoms with van der Waals surface area (Å²) in [6, 6.07) is 14.6. The fourth-order valence-electron chi connectivity index (χ4n) is 8.06. The number of fused-ring (bicyclic) bond motifs is 4. The molecule has 2 N–H and O–H groups in total. The highest BCUT2D eigenvalue weighted by Gasteiger charge is 2.71. The highest BCUT2D eigenvalue weighted by atomic mass is 35.5. The van der Waals surface area contributed by atoms with Crippen molar-refractivity contribution >= 4 is 58.6 Å². The number of aliphatic hydroxyl groups excluding tert-OH is 1. The highest BCUT2D eigenvalue weighted by molar-refractivity contribution is 6.36. The molecular weight excluding hydrogens is 665 g/mol. The smallest absolute Gasteiger partial charge is 0.423 e. The average molecular weight is 695 g/mol. The van der Waals surface area contributed by atoms with E-state index in [1.54, 1.807) is 48.5 Å². The molecule has 4 aliphatic rings. The molecule has 1 saturated carbocycles. The SMILES string of the molecule is COC(=O)N1C(=O)C2CC=C3C(CC4C(=O)N(Nc5ccc(Cl)cc5Cl)C(=O)C4(c4ccc(OC)cc4)C3c3ccc(CO)o3)C2C1=O. The molecule has 12 nitrogen and oxygen atoms in total. The number of carbonyl (C=O) groups is 5. The van der Waals surface area contributed by atoms with Crippen LogP contribution in [0, 0.1) is 23.7 Å². The number of carbonyl (C=O) groups excluding carboxylic acids is 5. The number of likely N-dealkylation sites (tertiary alicyclic amines) is 1. The molecule has 0 bridgehead atoms.